The number of carbonyl (C=O) groups is 4. The molecule has 2 rings (SSSR count). The molecular formula is C26H32N2O8. The lowest BCUT2D eigenvalue weighted by atomic mass is 9.77. The number of methoxy groups -OCH3 is 4. The van der Waals surface area contributed by atoms with E-state index >= 15 is 0 Å². The predicted octanol–water partition coefficient (Wildman–Crippen LogP) is 3.04. The van der Waals surface area contributed by atoms with Crippen molar-refractivity contribution < 1.29 is 38.1 Å². The van der Waals surface area contributed by atoms with Crippen LogP contribution in [0.5, 0.6) is 0 Å². The number of aliphatic imine (C=N–C) groups is 2. The summed E-state index contributed by atoms with van der Waals surface area (Å²) in [6.45, 7) is 11.4. The maximum absolute atomic E-state index is 12.7. The van der Waals surface area contributed by atoms with Crippen molar-refractivity contribution in [2.24, 2.45) is 20.8 Å². The highest BCUT2D eigenvalue weighted by molar-refractivity contribution is 6.58. The normalized spacial score (nSPS) is 16.4. The van der Waals surface area contributed by atoms with Crippen LogP contribution >= 0.6 is 0 Å². The van der Waals surface area contributed by atoms with Gasteiger partial charge in [-0.3, -0.25) is 0 Å². The third-order valence-corrected chi connectivity index (χ3v) is 5.37. The van der Waals surface area contributed by atoms with Crippen LogP contribution in [-0.2, 0) is 38.1 Å². The fourth-order valence-electron chi connectivity index (χ4n) is 3.85. The molecule has 2 heterocycles. The number of hydrogen-bond donors (Lipinski definition) is 0. The Kier molecular flexibility index (Phi) is 8.23. The molecule has 0 saturated carbocycles. The van der Waals surface area contributed by atoms with Crippen LogP contribution in [0.15, 0.2) is 55.8 Å². The molecule has 0 saturated heterocycles. The topological polar surface area (TPSA) is 130 Å². The Morgan fingerprint density at radius 1 is 0.583 bits per heavy atom. The smallest absolute Gasteiger partial charge is 0.340 e. The first-order valence-corrected chi connectivity index (χ1v) is 11.1. The highest BCUT2D eigenvalue weighted by atomic mass is 16.5. The Hall–Kier alpha value is -3.82. The van der Waals surface area contributed by atoms with E-state index in [-0.39, 0.29) is 22.5 Å². The fraction of sp³-hybridized carbons (Fsp3) is 0.462. The van der Waals surface area contributed by atoms with Crippen molar-refractivity contribution in [2.45, 2.75) is 41.5 Å². The first kappa shape index (κ1) is 28.4. The number of carbonyl (C=O) groups excluding carboxylic acids is 4. The van der Waals surface area contributed by atoms with Gasteiger partial charge in [-0.1, -0.05) is 41.5 Å². The van der Waals surface area contributed by atoms with Gasteiger partial charge in [0.2, 0.25) is 0 Å². The molecule has 0 bridgehead atoms. The molecular weight excluding hydrogens is 468 g/mol. The van der Waals surface area contributed by atoms with Gasteiger partial charge >= 0.3 is 23.9 Å². The van der Waals surface area contributed by atoms with Crippen molar-refractivity contribution in [1.29, 1.82) is 0 Å². The minimum Gasteiger partial charge on any atom is -0.466 e. The summed E-state index contributed by atoms with van der Waals surface area (Å²) in [6, 6.07) is 0. The van der Waals surface area contributed by atoms with Gasteiger partial charge in [0.1, 0.15) is 0 Å². The van der Waals surface area contributed by atoms with Gasteiger partial charge in [-0.15, -0.1) is 0 Å². The minimum atomic E-state index is -0.774. The predicted molar refractivity (Wildman–Crippen MR) is 132 cm³/mol. The van der Waals surface area contributed by atoms with Crippen LogP contribution in [0, 0.1) is 10.8 Å². The Bertz CT molecular complexity index is 1100. The van der Waals surface area contributed by atoms with Gasteiger partial charge in [-0.25, -0.2) is 29.2 Å². The lowest BCUT2D eigenvalue weighted by Gasteiger charge is -2.23. The van der Waals surface area contributed by atoms with Gasteiger partial charge in [-0.2, -0.15) is 0 Å². The molecule has 194 valence electrons. The third-order valence-electron chi connectivity index (χ3n) is 5.37. The molecule has 0 atom stereocenters. The maximum Gasteiger partial charge on any atom is 0.340 e. The van der Waals surface area contributed by atoms with E-state index < -0.39 is 34.7 Å². The molecule has 0 aromatic rings. The molecule has 0 fully saturated rings. The number of esters is 4. The first-order chi connectivity index (χ1) is 16.6. The van der Waals surface area contributed by atoms with Gasteiger partial charge in [0, 0.05) is 23.3 Å². The largest absolute Gasteiger partial charge is 0.466 e. The highest BCUT2D eigenvalue weighted by Gasteiger charge is 2.45. The molecule has 0 aromatic heterocycles. The molecule has 10 heteroatoms. The Balaban J connectivity index is 2.96. The SMILES string of the molecule is COC(=O)/C=C(\C(=O)OC)C1=C(C(C)(C)C)C2=NC(/C(=C\C(=O)OC)C(=O)OC)=C(C(C)(C)C)C2=N1. The number of rotatable bonds is 6. The van der Waals surface area contributed by atoms with Gasteiger partial charge < -0.3 is 18.9 Å². The summed E-state index contributed by atoms with van der Waals surface area (Å²) < 4.78 is 19.3. The van der Waals surface area contributed by atoms with Gasteiger partial charge in [0.05, 0.1) is 62.4 Å². The molecule has 0 aromatic carbocycles. The van der Waals surface area contributed by atoms with Crippen molar-refractivity contribution >= 4 is 35.3 Å². The van der Waals surface area contributed by atoms with Crippen molar-refractivity contribution in [3.8, 4) is 0 Å². The number of ether oxygens (including phenoxy) is 4. The number of fused-ring (bicyclic) bond motifs is 1. The molecule has 0 amide bonds. The summed E-state index contributed by atoms with van der Waals surface area (Å²) in [5.74, 6) is -3.05. The summed E-state index contributed by atoms with van der Waals surface area (Å²) in [7, 11) is 4.79. The zero-order valence-electron chi connectivity index (χ0n) is 22.3. The fourth-order valence-corrected chi connectivity index (χ4v) is 3.85. The zero-order chi connectivity index (χ0) is 27.6. The van der Waals surface area contributed by atoms with Crippen LogP contribution in [0.25, 0.3) is 0 Å². The molecule has 0 N–H and O–H groups in total. The van der Waals surface area contributed by atoms with Crippen LogP contribution in [-0.4, -0.2) is 63.7 Å². The Labute approximate surface area is 210 Å². The van der Waals surface area contributed by atoms with Crippen LogP contribution in [0.2, 0.25) is 0 Å². The average molecular weight is 501 g/mol. The summed E-state index contributed by atoms with van der Waals surface area (Å²) >= 11 is 0. The molecule has 0 spiro atoms. The van der Waals surface area contributed by atoms with E-state index in [1.807, 2.05) is 41.5 Å². The van der Waals surface area contributed by atoms with E-state index in [0.29, 0.717) is 22.6 Å². The molecule has 10 nitrogen and oxygen atoms in total. The second kappa shape index (κ2) is 10.4. The summed E-state index contributed by atoms with van der Waals surface area (Å²) in [4.78, 5) is 59.1. The lowest BCUT2D eigenvalue weighted by Crippen LogP contribution is -2.25. The Morgan fingerprint density at radius 2 is 0.889 bits per heavy atom. The van der Waals surface area contributed by atoms with Crippen LogP contribution in [0.3, 0.4) is 0 Å². The molecule has 2 aliphatic heterocycles. The number of nitrogens with zero attached hydrogens (tertiary/aromatic N) is 2. The minimum absolute atomic E-state index is 0.0908. The maximum atomic E-state index is 12.7. The van der Waals surface area contributed by atoms with Gasteiger partial charge in [0.15, 0.2) is 0 Å². The zero-order valence-corrected chi connectivity index (χ0v) is 22.3. The second-order valence-corrected chi connectivity index (χ2v) is 10.0. The monoisotopic (exact) mass is 500 g/mol. The van der Waals surface area contributed by atoms with Crippen molar-refractivity contribution in [1.82, 2.24) is 0 Å². The van der Waals surface area contributed by atoms with Crippen molar-refractivity contribution in [2.75, 3.05) is 28.4 Å². The standard InChI is InChI=1S/C26H32N2O8/c1-25(2,3)17-19(13(23(31)35-9)11-15(29)33-7)27-22-18(26(4,5)6)20(28-21(17)22)14(24(32)36-10)12-16(30)34-8/h11-12H,1-10H3/b13-11-,14-12+. The first-order valence-electron chi connectivity index (χ1n) is 11.1. The van der Waals surface area contributed by atoms with Crippen molar-refractivity contribution in [3.63, 3.8) is 0 Å². The molecule has 36 heavy (non-hydrogen) atoms. The van der Waals surface area contributed by atoms with Crippen LogP contribution in [0.1, 0.15) is 41.5 Å². The summed E-state index contributed by atoms with van der Waals surface area (Å²) in [5, 5.41) is 0. The molecule has 0 aliphatic carbocycles. The van der Waals surface area contributed by atoms with Gasteiger partial charge in [-0.05, 0) is 10.8 Å². The van der Waals surface area contributed by atoms with E-state index in [2.05, 4.69) is 0 Å². The van der Waals surface area contributed by atoms with E-state index in [9.17, 15) is 19.2 Å². The van der Waals surface area contributed by atoms with E-state index in [0.717, 1.165) is 12.2 Å². The molecule has 0 radical (unpaired) electrons. The average Bonchev–Trinajstić information content (AvgIpc) is 3.34. The lowest BCUT2D eigenvalue weighted by molar-refractivity contribution is -0.138. The van der Waals surface area contributed by atoms with Gasteiger partial charge in [0.25, 0.3) is 0 Å². The van der Waals surface area contributed by atoms with Crippen LogP contribution < -0.4 is 0 Å². The van der Waals surface area contributed by atoms with E-state index in [1.165, 1.54) is 28.4 Å². The molecule has 2 aliphatic rings. The summed E-state index contributed by atoms with van der Waals surface area (Å²) in [6.07, 6.45) is 2.05. The summed E-state index contributed by atoms with van der Waals surface area (Å²) in [5.41, 5.74) is 0.954. The van der Waals surface area contributed by atoms with Crippen LogP contribution in [0.4, 0.5) is 0 Å². The van der Waals surface area contributed by atoms with Crippen molar-refractivity contribution in [3.05, 3.63) is 45.8 Å². The van der Waals surface area contributed by atoms with E-state index in [1.54, 1.807) is 0 Å². The highest BCUT2D eigenvalue weighted by Crippen LogP contribution is 2.46. The quantitative estimate of drug-likeness (QED) is 0.309. The Morgan fingerprint density at radius 3 is 1.11 bits per heavy atom. The molecule has 0 unspecified atom stereocenters. The number of hydrogen-bond acceptors (Lipinski definition) is 10. The number of allylic oxidation sites excluding steroid dienone is 2. The third kappa shape index (κ3) is 5.53. The van der Waals surface area contributed by atoms with E-state index in [4.69, 9.17) is 28.9 Å². The second-order valence-electron chi connectivity index (χ2n) is 10.0.